The summed E-state index contributed by atoms with van der Waals surface area (Å²) in [5, 5.41) is 9.44. The first-order valence-corrected chi connectivity index (χ1v) is 9.02. The fourth-order valence-corrected chi connectivity index (χ4v) is 3.55. The second kappa shape index (κ2) is 7.57. The monoisotopic (exact) mass is 369 g/mol. The molecule has 134 valence electrons. The zero-order valence-corrected chi connectivity index (χ0v) is 15.3. The minimum absolute atomic E-state index is 0.0410. The Labute approximate surface area is 154 Å². The van der Waals surface area contributed by atoms with E-state index >= 15 is 0 Å². The molecule has 0 fully saturated rings. The van der Waals surface area contributed by atoms with E-state index in [0.29, 0.717) is 29.4 Å². The van der Waals surface area contributed by atoms with Crippen LogP contribution in [0.5, 0.6) is 0 Å². The number of rotatable bonds is 7. The smallest absolute Gasteiger partial charge is 0.262 e. The zero-order chi connectivity index (χ0) is 18.7. The number of nitrogens with zero attached hydrogens (tertiary/aromatic N) is 5. The molecule has 26 heavy (non-hydrogen) atoms. The van der Waals surface area contributed by atoms with Crippen molar-refractivity contribution < 1.29 is 4.79 Å². The van der Waals surface area contributed by atoms with E-state index in [0.717, 1.165) is 5.52 Å². The lowest BCUT2D eigenvalue weighted by molar-refractivity contribution is -0.127. The molecule has 0 bridgehead atoms. The van der Waals surface area contributed by atoms with Crippen LogP contribution in [0.1, 0.15) is 0 Å². The fraction of sp³-hybridized carbons (Fsp3) is 0.222. The molecule has 3 rings (SSSR count). The van der Waals surface area contributed by atoms with Crippen LogP contribution in [-0.4, -0.2) is 48.8 Å². The number of thioether (sulfide) groups is 1. The van der Waals surface area contributed by atoms with E-state index in [1.54, 1.807) is 34.6 Å². The number of benzene rings is 1. The highest BCUT2D eigenvalue weighted by molar-refractivity contribution is 7.99. The molecule has 0 spiro atoms. The first kappa shape index (κ1) is 17.9. The van der Waals surface area contributed by atoms with Crippen molar-refractivity contribution in [3.63, 3.8) is 0 Å². The third kappa shape index (κ3) is 3.15. The Kier molecular flexibility index (Phi) is 5.22. The maximum atomic E-state index is 12.4. The van der Waals surface area contributed by atoms with Crippen molar-refractivity contribution in [2.24, 2.45) is 7.05 Å². The lowest BCUT2D eigenvalue weighted by Gasteiger charge is -2.18. The average Bonchev–Trinajstić information content (AvgIpc) is 3.08. The number of aryl methyl sites for hydroxylation is 1. The van der Waals surface area contributed by atoms with Crippen LogP contribution in [0.3, 0.4) is 0 Å². The van der Waals surface area contributed by atoms with Crippen molar-refractivity contribution in [1.29, 1.82) is 0 Å². The van der Waals surface area contributed by atoms with Crippen molar-refractivity contribution >= 4 is 34.3 Å². The van der Waals surface area contributed by atoms with E-state index in [1.807, 2.05) is 18.2 Å². The molecule has 0 atom stereocenters. The van der Waals surface area contributed by atoms with E-state index in [1.165, 1.54) is 16.3 Å². The minimum atomic E-state index is -0.128. The van der Waals surface area contributed by atoms with Gasteiger partial charge in [-0.1, -0.05) is 36.0 Å². The predicted molar refractivity (Wildman–Crippen MR) is 103 cm³/mol. The molecule has 0 saturated heterocycles. The Bertz CT molecular complexity index is 1040. The van der Waals surface area contributed by atoms with Crippen molar-refractivity contribution in [2.45, 2.75) is 5.16 Å². The van der Waals surface area contributed by atoms with Crippen LogP contribution in [0.15, 0.2) is 59.5 Å². The average molecular weight is 369 g/mol. The number of amides is 1. The van der Waals surface area contributed by atoms with Crippen LogP contribution in [0.25, 0.3) is 16.7 Å². The van der Waals surface area contributed by atoms with Gasteiger partial charge in [0.05, 0.1) is 16.7 Å². The van der Waals surface area contributed by atoms with Gasteiger partial charge in [-0.15, -0.1) is 23.4 Å². The molecule has 0 aliphatic heterocycles. The standard InChI is InChI=1S/C18H19N5O2S/c1-4-10-22(11-5-2)15(24)12-26-18-20-19-17-21(3)16(25)13-8-6-7-9-14(13)23(17)18/h4-9H,1-2,10-12H2,3H3. The van der Waals surface area contributed by atoms with Gasteiger partial charge in [-0.25, -0.2) is 0 Å². The summed E-state index contributed by atoms with van der Waals surface area (Å²) in [6.07, 6.45) is 3.36. The Hall–Kier alpha value is -2.87. The van der Waals surface area contributed by atoms with Gasteiger partial charge in [0.1, 0.15) is 0 Å². The molecular formula is C18H19N5O2S. The van der Waals surface area contributed by atoms with Crippen LogP contribution in [-0.2, 0) is 11.8 Å². The van der Waals surface area contributed by atoms with Crippen LogP contribution < -0.4 is 5.56 Å². The van der Waals surface area contributed by atoms with Crippen molar-refractivity contribution in [3.8, 4) is 0 Å². The van der Waals surface area contributed by atoms with Gasteiger partial charge in [0.15, 0.2) is 5.16 Å². The molecule has 0 aliphatic rings. The molecule has 7 nitrogen and oxygen atoms in total. The van der Waals surface area contributed by atoms with Gasteiger partial charge in [0.2, 0.25) is 11.7 Å². The minimum Gasteiger partial charge on any atom is -0.335 e. The maximum absolute atomic E-state index is 12.4. The summed E-state index contributed by atoms with van der Waals surface area (Å²) < 4.78 is 3.27. The van der Waals surface area contributed by atoms with E-state index in [-0.39, 0.29) is 17.2 Å². The van der Waals surface area contributed by atoms with E-state index in [4.69, 9.17) is 0 Å². The maximum Gasteiger partial charge on any atom is 0.262 e. The molecule has 0 saturated carbocycles. The molecule has 3 aromatic rings. The number of aromatic nitrogens is 4. The highest BCUT2D eigenvalue weighted by Gasteiger charge is 2.17. The first-order valence-electron chi connectivity index (χ1n) is 8.03. The summed E-state index contributed by atoms with van der Waals surface area (Å²) in [6, 6.07) is 7.29. The first-order chi connectivity index (χ1) is 12.6. The summed E-state index contributed by atoms with van der Waals surface area (Å²) in [7, 11) is 1.66. The van der Waals surface area contributed by atoms with Crippen molar-refractivity contribution in [1.82, 2.24) is 24.1 Å². The number of carbonyl (C=O) groups excluding carboxylic acids is 1. The second-order valence-electron chi connectivity index (χ2n) is 5.66. The summed E-state index contributed by atoms with van der Waals surface area (Å²) in [5.41, 5.74) is 0.593. The third-order valence-electron chi connectivity index (χ3n) is 3.97. The van der Waals surface area contributed by atoms with Crippen LogP contribution in [0.4, 0.5) is 0 Å². The Balaban J connectivity index is 1.97. The molecule has 0 radical (unpaired) electrons. The summed E-state index contributed by atoms with van der Waals surface area (Å²) in [4.78, 5) is 26.5. The largest absolute Gasteiger partial charge is 0.335 e. The molecule has 0 unspecified atom stereocenters. The van der Waals surface area contributed by atoms with E-state index in [9.17, 15) is 9.59 Å². The Morgan fingerprint density at radius 3 is 2.62 bits per heavy atom. The SMILES string of the molecule is C=CCN(CC=C)C(=O)CSc1nnc2n(C)c(=O)c3ccccc3n12. The lowest BCUT2D eigenvalue weighted by Crippen LogP contribution is -2.32. The van der Waals surface area contributed by atoms with Gasteiger partial charge < -0.3 is 4.90 Å². The van der Waals surface area contributed by atoms with Crippen LogP contribution >= 0.6 is 11.8 Å². The Morgan fingerprint density at radius 2 is 1.92 bits per heavy atom. The molecule has 2 heterocycles. The zero-order valence-electron chi connectivity index (χ0n) is 14.5. The third-order valence-corrected chi connectivity index (χ3v) is 4.89. The molecule has 0 N–H and O–H groups in total. The topological polar surface area (TPSA) is 72.5 Å². The Morgan fingerprint density at radius 1 is 1.23 bits per heavy atom. The summed E-state index contributed by atoms with van der Waals surface area (Å²) >= 11 is 1.29. The molecule has 0 aliphatic carbocycles. The molecule has 8 heteroatoms. The molecule has 1 amide bonds. The van der Waals surface area contributed by atoms with Gasteiger partial charge >= 0.3 is 0 Å². The summed E-state index contributed by atoms with van der Waals surface area (Å²) in [6.45, 7) is 8.27. The van der Waals surface area contributed by atoms with Gasteiger partial charge in [0.25, 0.3) is 5.56 Å². The fourth-order valence-electron chi connectivity index (χ4n) is 2.71. The van der Waals surface area contributed by atoms with Gasteiger partial charge in [0, 0.05) is 20.1 Å². The highest BCUT2D eigenvalue weighted by atomic mass is 32.2. The van der Waals surface area contributed by atoms with E-state index < -0.39 is 0 Å². The summed E-state index contributed by atoms with van der Waals surface area (Å²) in [5.74, 6) is 0.609. The van der Waals surface area contributed by atoms with Crippen LogP contribution in [0.2, 0.25) is 0 Å². The number of carbonyl (C=O) groups is 1. The molecule has 2 aromatic heterocycles. The van der Waals surface area contributed by atoms with Crippen molar-refractivity contribution in [3.05, 3.63) is 59.9 Å². The van der Waals surface area contributed by atoms with Gasteiger partial charge in [-0.3, -0.25) is 18.6 Å². The van der Waals surface area contributed by atoms with E-state index in [2.05, 4.69) is 23.4 Å². The number of hydrogen-bond donors (Lipinski definition) is 0. The van der Waals surface area contributed by atoms with Crippen molar-refractivity contribution in [2.75, 3.05) is 18.8 Å². The normalized spacial score (nSPS) is 11.0. The predicted octanol–water partition coefficient (Wildman–Crippen LogP) is 1.87. The number of fused-ring (bicyclic) bond motifs is 3. The van der Waals surface area contributed by atoms with Gasteiger partial charge in [-0.05, 0) is 12.1 Å². The second-order valence-corrected chi connectivity index (χ2v) is 6.61. The molecule has 1 aromatic carbocycles. The number of hydrogen-bond acceptors (Lipinski definition) is 5. The van der Waals surface area contributed by atoms with Crippen LogP contribution in [0, 0.1) is 0 Å². The quantitative estimate of drug-likeness (QED) is 0.470. The lowest BCUT2D eigenvalue weighted by atomic mass is 10.2. The van der Waals surface area contributed by atoms with Gasteiger partial charge in [-0.2, -0.15) is 0 Å². The molecular weight excluding hydrogens is 350 g/mol. The highest BCUT2D eigenvalue weighted by Crippen LogP contribution is 2.21. The number of para-hydroxylation sites is 1.